The second-order valence-corrected chi connectivity index (χ2v) is 11.0. The molecule has 4 fully saturated rings. The molecular weight excluding hydrogens is 360 g/mol. The van der Waals surface area contributed by atoms with Gasteiger partial charge in [-0.25, -0.2) is 4.98 Å². The van der Waals surface area contributed by atoms with Gasteiger partial charge in [0.25, 0.3) is 0 Å². The van der Waals surface area contributed by atoms with E-state index in [9.17, 15) is 4.79 Å². The molecule has 0 spiro atoms. The van der Waals surface area contributed by atoms with Crippen LogP contribution in [0.5, 0.6) is 0 Å². The van der Waals surface area contributed by atoms with Crippen molar-refractivity contribution in [3.05, 3.63) is 18.7 Å². The van der Waals surface area contributed by atoms with Gasteiger partial charge in [0.2, 0.25) is 0 Å². The Kier molecular flexibility index (Phi) is 5.13. The number of rotatable bonds is 5. The van der Waals surface area contributed by atoms with E-state index in [2.05, 4.69) is 23.4 Å². The van der Waals surface area contributed by atoms with Crippen molar-refractivity contribution in [2.24, 2.45) is 34.5 Å². The van der Waals surface area contributed by atoms with Crippen molar-refractivity contribution in [3.8, 4) is 0 Å². The van der Waals surface area contributed by atoms with Crippen LogP contribution in [0.3, 0.4) is 0 Å². The van der Waals surface area contributed by atoms with Gasteiger partial charge < -0.3 is 9.30 Å². The highest BCUT2D eigenvalue weighted by Crippen LogP contribution is 2.65. The van der Waals surface area contributed by atoms with E-state index in [0.717, 1.165) is 50.2 Å². The number of imidazole rings is 1. The van der Waals surface area contributed by atoms with Gasteiger partial charge in [-0.15, -0.1) is 0 Å². The van der Waals surface area contributed by atoms with Crippen LogP contribution in [0.4, 0.5) is 0 Å². The zero-order valence-corrected chi connectivity index (χ0v) is 18.3. The summed E-state index contributed by atoms with van der Waals surface area (Å²) in [5, 5.41) is 0. The van der Waals surface area contributed by atoms with Gasteiger partial charge in [-0.3, -0.25) is 4.79 Å². The molecule has 1 aromatic heterocycles. The Labute approximate surface area is 175 Å². The van der Waals surface area contributed by atoms with Crippen molar-refractivity contribution in [2.75, 3.05) is 6.61 Å². The van der Waals surface area contributed by atoms with E-state index in [1.165, 1.54) is 44.9 Å². The second kappa shape index (κ2) is 7.51. The normalized spacial score (nSPS) is 44.2. The molecule has 4 aliphatic carbocycles. The van der Waals surface area contributed by atoms with E-state index >= 15 is 0 Å². The van der Waals surface area contributed by atoms with Gasteiger partial charge in [0.15, 0.2) is 0 Å². The Hall–Kier alpha value is -1.16. The highest BCUT2D eigenvalue weighted by molar-refractivity contribution is 5.87. The fourth-order valence-electron chi connectivity index (χ4n) is 8.06. The Bertz CT molecular complexity index is 731. The maximum Gasteiger partial charge on any atom is 0.139 e. The molecule has 5 rings (SSSR count). The SMILES string of the molecule is CC12CCC3C(CCC4CC(OCCCn5ccnc5)CCC43C)C1CCC2=O. The van der Waals surface area contributed by atoms with Crippen molar-refractivity contribution in [1.29, 1.82) is 0 Å². The maximum absolute atomic E-state index is 12.6. The van der Waals surface area contributed by atoms with Gasteiger partial charge in [-0.2, -0.15) is 0 Å². The molecule has 0 amide bonds. The average Bonchev–Trinajstić information content (AvgIpc) is 3.33. The fraction of sp³-hybridized carbons (Fsp3) is 0.840. The number of hydrogen-bond donors (Lipinski definition) is 0. The Balaban J connectivity index is 1.18. The lowest BCUT2D eigenvalue weighted by molar-refractivity contribution is -0.145. The van der Waals surface area contributed by atoms with Gasteiger partial charge in [0.1, 0.15) is 5.78 Å². The fourth-order valence-corrected chi connectivity index (χ4v) is 8.06. The molecule has 0 saturated heterocycles. The van der Waals surface area contributed by atoms with Crippen LogP contribution in [-0.4, -0.2) is 28.0 Å². The molecule has 0 bridgehead atoms. The largest absolute Gasteiger partial charge is 0.378 e. The molecule has 4 saturated carbocycles. The molecule has 0 aromatic carbocycles. The molecule has 4 aliphatic rings. The lowest BCUT2D eigenvalue weighted by atomic mass is 9.45. The van der Waals surface area contributed by atoms with Crippen LogP contribution in [0.15, 0.2) is 18.7 Å². The van der Waals surface area contributed by atoms with Gasteiger partial charge in [-0.1, -0.05) is 13.8 Å². The van der Waals surface area contributed by atoms with E-state index in [0.29, 0.717) is 23.2 Å². The Morgan fingerprint density at radius 2 is 2.03 bits per heavy atom. The zero-order chi connectivity index (χ0) is 20.1. The molecular formula is C25H38N2O2. The summed E-state index contributed by atoms with van der Waals surface area (Å²) >= 11 is 0. The first kappa shape index (κ1) is 19.8. The summed E-state index contributed by atoms with van der Waals surface area (Å²) in [7, 11) is 0. The number of hydrogen-bond acceptors (Lipinski definition) is 3. The number of fused-ring (bicyclic) bond motifs is 5. The van der Waals surface area contributed by atoms with E-state index in [1.54, 1.807) is 0 Å². The third-order valence-electron chi connectivity index (χ3n) is 9.80. The summed E-state index contributed by atoms with van der Waals surface area (Å²) in [6.45, 7) is 6.76. The minimum Gasteiger partial charge on any atom is -0.378 e. The maximum atomic E-state index is 12.6. The monoisotopic (exact) mass is 398 g/mol. The number of ether oxygens (including phenoxy) is 1. The molecule has 4 heteroatoms. The summed E-state index contributed by atoms with van der Waals surface area (Å²) in [6.07, 6.45) is 18.2. The second-order valence-electron chi connectivity index (χ2n) is 11.0. The standard InChI is InChI=1S/C25H38N2O2/c1-24-10-8-19(29-15-3-13-27-14-12-26-17-27)16-18(24)4-5-20-21-6-7-23(28)25(21,2)11-9-22(20)24/h12,14,17-22H,3-11,13,15-16H2,1-2H3. The first-order valence-electron chi connectivity index (χ1n) is 12.1. The molecule has 7 unspecified atom stereocenters. The average molecular weight is 399 g/mol. The Morgan fingerprint density at radius 1 is 1.14 bits per heavy atom. The number of aryl methyl sites for hydroxylation is 1. The van der Waals surface area contributed by atoms with E-state index < -0.39 is 0 Å². The molecule has 160 valence electrons. The topological polar surface area (TPSA) is 44.1 Å². The zero-order valence-electron chi connectivity index (χ0n) is 18.3. The quantitative estimate of drug-likeness (QED) is 0.635. The van der Waals surface area contributed by atoms with E-state index in [-0.39, 0.29) is 5.41 Å². The summed E-state index contributed by atoms with van der Waals surface area (Å²) in [4.78, 5) is 16.7. The highest BCUT2D eigenvalue weighted by Gasteiger charge is 2.60. The van der Waals surface area contributed by atoms with E-state index in [1.807, 2.05) is 18.7 Å². The number of carbonyl (C=O) groups is 1. The first-order valence-corrected chi connectivity index (χ1v) is 12.1. The van der Waals surface area contributed by atoms with Gasteiger partial charge in [0.05, 0.1) is 12.4 Å². The van der Waals surface area contributed by atoms with Crippen LogP contribution in [0.2, 0.25) is 0 Å². The van der Waals surface area contributed by atoms with Crippen LogP contribution in [0, 0.1) is 34.5 Å². The van der Waals surface area contributed by atoms with Crippen molar-refractivity contribution >= 4 is 5.78 Å². The predicted molar refractivity (Wildman–Crippen MR) is 113 cm³/mol. The van der Waals surface area contributed by atoms with Crippen LogP contribution in [0.25, 0.3) is 0 Å². The molecule has 1 heterocycles. The van der Waals surface area contributed by atoms with Crippen LogP contribution >= 0.6 is 0 Å². The van der Waals surface area contributed by atoms with Gasteiger partial charge in [-0.05, 0) is 86.9 Å². The highest BCUT2D eigenvalue weighted by atomic mass is 16.5. The third-order valence-corrected chi connectivity index (χ3v) is 9.80. The summed E-state index contributed by atoms with van der Waals surface area (Å²) in [6, 6.07) is 0. The summed E-state index contributed by atoms with van der Waals surface area (Å²) in [5.41, 5.74) is 0.493. The number of carbonyl (C=O) groups excluding carboxylic acids is 1. The van der Waals surface area contributed by atoms with Crippen molar-refractivity contribution in [1.82, 2.24) is 9.55 Å². The lowest BCUT2D eigenvalue weighted by Crippen LogP contribution is -2.54. The third kappa shape index (κ3) is 3.30. The minimum absolute atomic E-state index is 0.0138. The lowest BCUT2D eigenvalue weighted by Gasteiger charge is -2.60. The molecule has 1 aromatic rings. The van der Waals surface area contributed by atoms with Crippen molar-refractivity contribution in [3.63, 3.8) is 0 Å². The number of ketones is 1. The molecule has 0 aliphatic heterocycles. The molecule has 0 N–H and O–H groups in total. The van der Waals surface area contributed by atoms with Crippen molar-refractivity contribution in [2.45, 2.75) is 90.7 Å². The molecule has 0 radical (unpaired) electrons. The number of Topliss-reactive ketones (excluding diaryl/α,β-unsaturated/α-hetero) is 1. The molecule has 7 atom stereocenters. The van der Waals surface area contributed by atoms with Crippen LogP contribution < -0.4 is 0 Å². The molecule has 4 nitrogen and oxygen atoms in total. The number of nitrogens with zero attached hydrogens (tertiary/aromatic N) is 2. The summed E-state index contributed by atoms with van der Waals surface area (Å²) < 4.78 is 8.46. The predicted octanol–water partition coefficient (Wildman–Crippen LogP) is 5.27. The minimum atomic E-state index is 0.0138. The van der Waals surface area contributed by atoms with E-state index in [4.69, 9.17) is 4.74 Å². The van der Waals surface area contributed by atoms with Gasteiger partial charge >= 0.3 is 0 Å². The van der Waals surface area contributed by atoms with Crippen molar-refractivity contribution < 1.29 is 9.53 Å². The first-order chi connectivity index (χ1) is 14.0. The van der Waals surface area contributed by atoms with Crippen LogP contribution in [-0.2, 0) is 16.1 Å². The smallest absolute Gasteiger partial charge is 0.139 e. The number of aromatic nitrogens is 2. The summed E-state index contributed by atoms with van der Waals surface area (Å²) in [5.74, 6) is 3.70. The molecule has 29 heavy (non-hydrogen) atoms. The Morgan fingerprint density at radius 3 is 2.86 bits per heavy atom. The van der Waals surface area contributed by atoms with Gasteiger partial charge in [0, 0.05) is 37.4 Å². The van der Waals surface area contributed by atoms with Crippen LogP contribution in [0.1, 0.15) is 78.1 Å².